The van der Waals surface area contributed by atoms with Gasteiger partial charge in [0.1, 0.15) is 5.75 Å². The number of halogens is 3. The fourth-order valence-electron chi connectivity index (χ4n) is 1.91. The van der Waals surface area contributed by atoms with Gasteiger partial charge in [0.15, 0.2) is 0 Å². The normalized spacial score (nSPS) is 12.2. The van der Waals surface area contributed by atoms with Gasteiger partial charge < -0.3 is 15.8 Å². The molecule has 3 nitrogen and oxygen atoms in total. The van der Waals surface area contributed by atoms with E-state index in [0.717, 1.165) is 15.7 Å². The second-order valence-corrected chi connectivity index (χ2v) is 5.30. The second kappa shape index (κ2) is 7.38. The molecule has 0 saturated carbocycles. The van der Waals surface area contributed by atoms with Gasteiger partial charge in [0.25, 0.3) is 0 Å². The van der Waals surface area contributed by atoms with E-state index < -0.39 is 6.61 Å². The molecule has 0 aliphatic carbocycles. The number of anilines is 1. The number of alkyl halides is 2. The second-order valence-electron chi connectivity index (χ2n) is 4.39. The van der Waals surface area contributed by atoms with Crippen LogP contribution in [0.15, 0.2) is 53.0 Å². The minimum Gasteiger partial charge on any atom is -0.435 e. The van der Waals surface area contributed by atoms with Crippen LogP contribution < -0.4 is 15.8 Å². The third-order valence-corrected chi connectivity index (χ3v) is 3.46. The molecule has 6 heteroatoms. The van der Waals surface area contributed by atoms with Crippen molar-refractivity contribution >= 4 is 21.6 Å². The summed E-state index contributed by atoms with van der Waals surface area (Å²) in [4.78, 5) is 0. The molecule has 2 aromatic rings. The van der Waals surface area contributed by atoms with E-state index in [1.165, 1.54) is 12.1 Å². The third kappa shape index (κ3) is 4.68. The van der Waals surface area contributed by atoms with Crippen molar-refractivity contribution in [1.82, 2.24) is 0 Å². The number of hydrogen-bond acceptors (Lipinski definition) is 3. The zero-order valence-corrected chi connectivity index (χ0v) is 12.7. The van der Waals surface area contributed by atoms with Gasteiger partial charge in [-0.15, -0.1) is 0 Å². The van der Waals surface area contributed by atoms with Crippen molar-refractivity contribution < 1.29 is 13.5 Å². The smallest absolute Gasteiger partial charge is 0.387 e. The molecule has 0 aliphatic rings. The maximum atomic E-state index is 12.1. The molecule has 0 fully saturated rings. The molecule has 1 unspecified atom stereocenters. The summed E-state index contributed by atoms with van der Waals surface area (Å²) >= 11 is 3.37. The molecule has 0 heterocycles. The fraction of sp³-hybridized carbons (Fsp3) is 0.200. The lowest BCUT2D eigenvalue weighted by Gasteiger charge is -2.19. The van der Waals surface area contributed by atoms with Crippen molar-refractivity contribution in [3.05, 3.63) is 58.6 Å². The molecule has 2 rings (SSSR count). The van der Waals surface area contributed by atoms with E-state index in [9.17, 15) is 8.78 Å². The highest BCUT2D eigenvalue weighted by atomic mass is 79.9. The summed E-state index contributed by atoms with van der Waals surface area (Å²) in [5, 5.41) is 3.30. The molecular weight excluding hydrogens is 342 g/mol. The summed E-state index contributed by atoms with van der Waals surface area (Å²) in [6.07, 6.45) is 0. The molecular formula is C15H15BrF2N2O. The summed E-state index contributed by atoms with van der Waals surface area (Å²) in [5.74, 6) is 0.133. The topological polar surface area (TPSA) is 47.3 Å². The molecule has 21 heavy (non-hydrogen) atoms. The summed E-state index contributed by atoms with van der Waals surface area (Å²) < 4.78 is 29.5. The average molecular weight is 357 g/mol. The van der Waals surface area contributed by atoms with E-state index in [2.05, 4.69) is 26.0 Å². The van der Waals surface area contributed by atoms with Crippen molar-refractivity contribution in [3.8, 4) is 5.75 Å². The number of hydrogen-bond donors (Lipinski definition) is 2. The quantitative estimate of drug-likeness (QED) is 0.816. The maximum Gasteiger partial charge on any atom is 0.387 e. The number of nitrogens with two attached hydrogens (primary N) is 1. The van der Waals surface area contributed by atoms with Crippen molar-refractivity contribution in [2.24, 2.45) is 5.73 Å². The largest absolute Gasteiger partial charge is 0.435 e. The van der Waals surface area contributed by atoms with Crippen LogP contribution in [0.2, 0.25) is 0 Å². The first-order valence-electron chi connectivity index (χ1n) is 6.35. The van der Waals surface area contributed by atoms with Crippen molar-refractivity contribution in [1.29, 1.82) is 0 Å². The van der Waals surface area contributed by atoms with E-state index in [1.807, 2.05) is 24.3 Å². The van der Waals surface area contributed by atoms with Crippen LogP contribution in [0.25, 0.3) is 0 Å². The Bertz CT molecular complexity index is 561. The van der Waals surface area contributed by atoms with Gasteiger partial charge in [-0.05, 0) is 42.0 Å². The maximum absolute atomic E-state index is 12.1. The highest BCUT2D eigenvalue weighted by Gasteiger charge is 2.10. The monoisotopic (exact) mass is 356 g/mol. The van der Waals surface area contributed by atoms with Crippen molar-refractivity contribution in [2.75, 3.05) is 11.9 Å². The molecule has 0 radical (unpaired) electrons. The van der Waals surface area contributed by atoms with E-state index in [1.54, 1.807) is 12.1 Å². The zero-order chi connectivity index (χ0) is 15.2. The van der Waals surface area contributed by atoms with E-state index in [-0.39, 0.29) is 11.8 Å². The standard InChI is InChI=1S/C15H15BrF2N2O/c16-11-3-5-12(6-4-11)20-14(9-19)10-1-7-13(8-2-10)21-15(17)18/h1-8,14-15,20H,9,19H2. The van der Waals surface area contributed by atoms with Crippen LogP contribution in [0, 0.1) is 0 Å². The van der Waals surface area contributed by atoms with E-state index in [4.69, 9.17) is 5.73 Å². The third-order valence-electron chi connectivity index (χ3n) is 2.93. The van der Waals surface area contributed by atoms with Gasteiger partial charge >= 0.3 is 6.61 Å². The summed E-state index contributed by atoms with van der Waals surface area (Å²) in [6, 6.07) is 14.1. The molecule has 0 amide bonds. The van der Waals surface area contributed by atoms with Gasteiger partial charge in [0, 0.05) is 16.7 Å². The van der Waals surface area contributed by atoms with Crippen LogP contribution in [0.5, 0.6) is 5.75 Å². The predicted octanol–water partition coefficient (Wildman–Crippen LogP) is 4.16. The summed E-state index contributed by atoms with van der Waals surface area (Å²) in [6.45, 7) is -2.44. The molecule has 0 spiro atoms. The van der Waals surface area contributed by atoms with Crippen molar-refractivity contribution in [2.45, 2.75) is 12.7 Å². The molecule has 0 aliphatic heterocycles. The average Bonchev–Trinajstić information content (AvgIpc) is 2.47. The Balaban J connectivity index is 2.08. The highest BCUT2D eigenvalue weighted by Crippen LogP contribution is 2.23. The van der Waals surface area contributed by atoms with Gasteiger partial charge in [0.2, 0.25) is 0 Å². The Hall–Kier alpha value is -1.66. The molecule has 0 aromatic heterocycles. The lowest BCUT2D eigenvalue weighted by atomic mass is 10.1. The number of rotatable bonds is 6. The number of ether oxygens (including phenoxy) is 1. The van der Waals surface area contributed by atoms with Crippen LogP contribution in [0.1, 0.15) is 11.6 Å². The molecule has 0 bridgehead atoms. The van der Waals surface area contributed by atoms with Crippen LogP contribution >= 0.6 is 15.9 Å². The highest BCUT2D eigenvalue weighted by molar-refractivity contribution is 9.10. The van der Waals surface area contributed by atoms with Gasteiger partial charge in [-0.1, -0.05) is 28.1 Å². The van der Waals surface area contributed by atoms with Gasteiger partial charge in [-0.25, -0.2) is 0 Å². The van der Waals surface area contributed by atoms with Crippen LogP contribution in [0.3, 0.4) is 0 Å². The predicted molar refractivity (Wildman–Crippen MR) is 82.6 cm³/mol. The first-order chi connectivity index (χ1) is 10.1. The Morgan fingerprint density at radius 2 is 1.67 bits per heavy atom. The lowest BCUT2D eigenvalue weighted by molar-refractivity contribution is -0.0498. The first kappa shape index (κ1) is 15.7. The van der Waals surface area contributed by atoms with E-state index >= 15 is 0 Å². The van der Waals surface area contributed by atoms with Crippen molar-refractivity contribution in [3.63, 3.8) is 0 Å². The number of nitrogens with one attached hydrogen (secondary N) is 1. The van der Waals surface area contributed by atoms with Gasteiger partial charge in [-0.3, -0.25) is 0 Å². The first-order valence-corrected chi connectivity index (χ1v) is 7.14. The van der Waals surface area contributed by atoms with Crippen LogP contribution in [-0.4, -0.2) is 13.2 Å². The minimum atomic E-state index is -2.82. The Morgan fingerprint density at radius 1 is 1.05 bits per heavy atom. The van der Waals surface area contributed by atoms with Gasteiger partial charge in [0.05, 0.1) is 6.04 Å². The minimum absolute atomic E-state index is 0.105. The molecule has 0 saturated heterocycles. The molecule has 112 valence electrons. The van der Waals surface area contributed by atoms with Gasteiger partial charge in [-0.2, -0.15) is 8.78 Å². The van der Waals surface area contributed by atoms with E-state index in [0.29, 0.717) is 6.54 Å². The Labute approximate surface area is 130 Å². The number of benzene rings is 2. The fourth-order valence-corrected chi connectivity index (χ4v) is 2.17. The Morgan fingerprint density at radius 3 is 2.19 bits per heavy atom. The molecule has 2 aromatic carbocycles. The Kier molecular flexibility index (Phi) is 5.52. The lowest BCUT2D eigenvalue weighted by Crippen LogP contribution is -2.20. The summed E-state index contributed by atoms with van der Waals surface area (Å²) in [7, 11) is 0. The summed E-state index contributed by atoms with van der Waals surface area (Å²) in [5.41, 5.74) is 7.61. The molecule has 3 N–H and O–H groups in total. The zero-order valence-electron chi connectivity index (χ0n) is 11.1. The SMILES string of the molecule is NCC(Nc1ccc(Br)cc1)c1ccc(OC(F)F)cc1. The molecule has 1 atom stereocenters. The van der Waals surface area contributed by atoms with Crippen LogP contribution in [0.4, 0.5) is 14.5 Å². The van der Waals surface area contributed by atoms with Crippen LogP contribution in [-0.2, 0) is 0 Å².